The monoisotopic (exact) mass is 243 g/mol. The van der Waals surface area contributed by atoms with E-state index in [1.165, 1.54) is 40.8 Å². The minimum absolute atomic E-state index is 0.640. The van der Waals surface area contributed by atoms with Crippen molar-refractivity contribution in [3.63, 3.8) is 0 Å². The first-order chi connectivity index (χ1) is 8.38. The molecule has 1 fully saturated rings. The van der Waals surface area contributed by atoms with E-state index in [9.17, 15) is 0 Å². The third-order valence-electron chi connectivity index (χ3n) is 3.71. The van der Waals surface area contributed by atoms with Crippen molar-refractivity contribution in [2.24, 2.45) is 5.73 Å². The van der Waals surface area contributed by atoms with Crippen LogP contribution < -0.4 is 5.73 Å². The molecule has 0 atom stereocenters. The zero-order valence-corrected chi connectivity index (χ0v) is 10.7. The van der Waals surface area contributed by atoms with Crippen LogP contribution in [-0.2, 0) is 6.54 Å². The summed E-state index contributed by atoms with van der Waals surface area (Å²) in [5.74, 6) is 0.801. The van der Waals surface area contributed by atoms with Crippen molar-refractivity contribution in [1.82, 2.24) is 0 Å². The minimum Gasteiger partial charge on any atom is -0.326 e. The summed E-state index contributed by atoms with van der Waals surface area (Å²) in [5.41, 5.74) is 9.93. The Hall–Kier alpha value is -1.12. The van der Waals surface area contributed by atoms with Crippen LogP contribution in [0.1, 0.15) is 35.6 Å². The molecular weight excluding hydrogens is 226 g/mol. The fourth-order valence-electron chi connectivity index (χ4n) is 2.46. The molecule has 88 valence electrons. The summed E-state index contributed by atoms with van der Waals surface area (Å²) in [6.45, 7) is 0.640. The van der Waals surface area contributed by atoms with Crippen molar-refractivity contribution in [3.8, 4) is 11.1 Å². The number of benzene rings is 1. The molecule has 2 heteroatoms. The first-order valence-electron chi connectivity index (χ1n) is 6.25. The van der Waals surface area contributed by atoms with Crippen LogP contribution in [0.2, 0.25) is 0 Å². The summed E-state index contributed by atoms with van der Waals surface area (Å²) in [6.07, 6.45) is 4.11. The number of hydrogen-bond donors (Lipinski definition) is 1. The van der Waals surface area contributed by atoms with Gasteiger partial charge >= 0.3 is 0 Å². The molecule has 1 nitrogen and oxygen atoms in total. The third-order valence-corrected chi connectivity index (χ3v) is 4.65. The Morgan fingerprint density at radius 2 is 2.12 bits per heavy atom. The van der Waals surface area contributed by atoms with Gasteiger partial charge in [-0.1, -0.05) is 30.7 Å². The number of hydrogen-bond acceptors (Lipinski definition) is 2. The lowest BCUT2D eigenvalue weighted by molar-refractivity contribution is 0.420. The lowest BCUT2D eigenvalue weighted by atomic mass is 9.79. The Bertz CT molecular complexity index is 511. The predicted molar refractivity (Wildman–Crippen MR) is 74.2 cm³/mol. The van der Waals surface area contributed by atoms with Crippen molar-refractivity contribution < 1.29 is 0 Å². The molecule has 1 aromatic heterocycles. The largest absolute Gasteiger partial charge is 0.326 e. The van der Waals surface area contributed by atoms with Crippen molar-refractivity contribution in [2.75, 3.05) is 0 Å². The molecule has 1 aliphatic rings. The predicted octanol–water partition coefficient (Wildman–Crippen LogP) is 4.14. The van der Waals surface area contributed by atoms with E-state index in [-0.39, 0.29) is 0 Å². The van der Waals surface area contributed by atoms with Crippen LogP contribution in [0.3, 0.4) is 0 Å². The van der Waals surface area contributed by atoms with Gasteiger partial charge in [-0.05, 0) is 46.9 Å². The van der Waals surface area contributed by atoms with Gasteiger partial charge in [-0.25, -0.2) is 0 Å². The number of rotatable bonds is 3. The summed E-state index contributed by atoms with van der Waals surface area (Å²) < 4.78 is 0. The van der Waals surface area contributed by atoms with Gasteiger partial charge in [-0.15, -0.1) is 11.3 Å². The van der Waals surface area contributed by atoms with E-state index in [2.05, 4.69) is 35.7 Å². The number of thiophene rings is 1. The quantitative estimate of drug-likeness (QED) is 0.861. The highest BCUT2D eigenvalue weighted by molar-refractivity contribution is 7.10. The molecular formula is C15H17NS. The maximum Gasteiger partial charge on any atom is 0.0280 e. The highest BCUT2D eigenvalue weighted by Gasteiger charge is 2.19. The van der Waals surface area contributed by atoms with E-state index in [1.54, 1.807) is 11.3 Å². The van der Waals surface area contributed by atoms with Crippen molar-refractivity contribution in [3.05, 3.63) is 46.2 Å². The molecule has 0 saturated heterocycles. The fourth-order valence-corrected chi connectivity index (χ4v) is 3.24. The lowest BCUT2D eigenvalue weighted by Gasteiger charge is -2.26. The van der Waals surface area contributed by atoms with Crippen molar-refractivity contribution in [1.29, 1.82) is 0 Å². The third kappa shape index (κ3) is 2.03. The van der Waals surface area contributed by atoms with Gasteiger partial charge in [0.25, 0.3) is 0 Å². The van der Waals surface area contributed by atoms with E-state index in [4.69, 9.17) is 5.73 Å². The fraction of sp³-hybridized carbons (Fsp3) is 0.333. The van der Waals surface area contributed by atoms with Crippen LogP contribution in [0.4, 0.5) is 0 Å². The Labute approximate surface area is 106 Å². The van der Waals surface area contributed by atoms with Gasteiger partial charge in [0, 0.05) is 11.4 Å². The Kier molecular flexibility index (Phi) is 3.00. The first-order valence-corrected chi connectivity index (χ1v) is 7.13. The molecule has 0 spiro atoms. The Balaban J connectivity index is 1.97. The molecule has 0 aliphatic heterocycles. The molecule has 0 bridgehead atoms. The highest BCUT2D eigenvalue weighted by atomic mass is 32.1. The molecule has 1 saturated carbocycles. The molecule has 1 heterocycles. The maximum atomic E-state index is 5.78. The first kappa shape index (κ1) is 11.0. The van der Waals surface area contributed by atoms with E-state index >= 15 is 0 Å². The molecule has 0 radical (unpaired) electrons. The summed E-state index contributed by atoms with van der Waals surface area (Å²) >= 11 is 1.75. The lowest BCUT2D eigenvalue weighted by Crippen LogP contribution is -2.08. The second-order valence-electron chi connectivity index (χ2n) is 4.71. The van der Waals surface area contributed by atoms with Gasteiger partial charge < -0.3 is 5.73 Å². The van der Waals surface area contributed by atoms with Crippen LogP contribution in [0, 0.1) is 0 Å². The van der Waals surface area contributed by atoms with Crippen LogP contribution in [0.5, 0.6) is 0 Å². The van der Waals surface area contributed by atoms with Crippen LogP contribution >= 0.6 is 11.3 Å². The normalized spacial score (nSPS) is 15.8. The van der Waals surface area contributed by atoms with Gasteiger partial charge in [0.15, 0.2) is 0 Å². The molecule has 0 unspecified atom stereocenters. The van der Waals surface area contributed by atoms with E-state index in [1.807, 2.05) is 0 Å². The smallest absolute Gasteiger partial charge is 0.0280 e. The summed E-state index contributed by atoms with van der Waals surface area (Å²) in [6, 6.07) is 11.2. The molecule has 2 N–H and O–H groups in total. The maximum absolute atomic E-state index is 5.78. The molecule has 2 aromatic rings. The van der Waals surface area contributed by atoms with Crippen molar-refractivity contribution >= 4 is 11.3 Å². The standard InChI is InChI=1S/C15H17NS/c16-10-15-14(7-8-17-15)13-6-2-5-12(9-13)11-3-1-4-11/h2,5-9,11H,1,3-4,10,16H2. The topological polar surface area (TPSA) is 26.0 Å². The van der Waals surface area contributed by atoms with E-state index < -0.39 is 0 Å². The van der Waals surface area contributed by atoms with Gasteiger partial charge in [0.1, 0.15) is 0 Å². The van der Waals surface area contributed by atoms with Crippen LogP contribution in [-0.4, -0.2) is 0 Å². The zero-order valence-electron chi connectivity index (χ0n) is 9.86. The summed E-state index contributed by atoms with van der Waals surface area (Å²) in [7, 11) is 0. The SMILES string of the molecule is NCc1sccc1-c1cccc(C2CCC2)c1. The molecule has 3 rings (SSSR count). The zero-order chi connectivity index (χ0) is 11.7. The van der Waals surface area contributed by atoms with Crippen LogP contribution in [0.25, 0.3) is 11.1 Å². The Morgan fingerprint density at radius 3 is 2.82 bits per heavy atom. The van der Waals surface area contributed by atoms with E-state index in [0.29, 0.717) is 6.54 Å². The van der Waals surface area contributed by atoms with E-state index in [0.717, 1.165) is 5.92 Å². The number of nitrogens with two attached hydrogens (primary N) is 1. The summed E-state index contributed by atoms with van der Waals surface area (Å²) in [5, 5.41) is 2.13. The van der Waals surface area contributed by atoms with Gasteiger partial charge in [-0.3, -0.25) is 0 Å². The van der Waals surface area contributed by atoms with Gasteiger partial charge in [0.2, 0.25) is 0 Å². The second-order valence-corrected chi connectivity index (χ2v) is 5.72. The second kappa shape index (κ2) is 4.63. The highest BCUT2D eigenvalue weighted by Crippen LogP contribution is 2.38. The Morgan fingerprint density at radius 1 is 1.24 bits per heavy atom. The molecule has 17 heavy (non-hydrogen) atoms. The summed E-state index contributed by atoms with van der Waals surface area (Å²) in [4.78, 5) is 1.29. The molecule has 1 aliphatic carbocycles. The minimum atomic E-state index is 0.640. The molecule has 0 amide bonds. The van der Waals surface area contributed by atoms with Gasteiger partial charge in [0.05, 0.1) is 0 Å². The average molecular weight is 243 g/mol. The van der Waals surface area contributed by atoms with Gasteiger partial charge in [-0.2, -0.15) is 0 Å². The van der Waals surface area contributed by atoms with Crippen molar-refractivity contribution in [2.45, 2.75) is 31.7 Å². The van der Waals surface area contributed by atoms with Crippen LogP contribution in [0.15, 0.2) is 35.7 Å². The molecule has 1 aromatic carbocycles. The average Bonchev–Trinajstić information content (AvgIpc) is 2.75.